The molecule has 0 fully saturated rings. The molecule has 0 spiro atoms. The second kappa shape index (κ2) is 8.88. The van der Waals surface area contributed by atoms with Crippen LogP contribution in [0.25, 0.3) is 0 Å². The highest BCUT2D eigenvalue weighted by Gasteiger charge is 2.11. The molecule has 122 valence electrons. The first-order valence-corrected chi connectivity index (χ1v) is 8.02. The maximum Gasteiger partial charge on any atom is 0.269 e. The second-order valence-corrected chi connectivity index (χ2v) is 5.54. The van der Waals surface area contributed by atoms with Crippen LogP contribution in [0.1, 0.15) is 53.0 Å². The van der Waals surface area contributed by atoms with Crippen LogP contribution in [0.4, 0.5) is 0 Å². The van der Waals surface area contributed by atoms with Crippen LogP contribution in [-0.2, 0) is 0 Å². The maximum atomic E-state index is 12.1. The van der Waals surface area contributed by atoms with Gasteiger partial charge in [-0.1, -0.05) is 17.7 Å². The summed E-state index contributed by atoms with van der Waals surface area (Å²) in [5.41, 5.74) is 2.10. The molecule has 0 radical (unpaired) electrons. The predicted octanol–water partition coefficient (Wildman–Crippen LogP) is 2.62. The number of amides is 2. The van der Waals surface area contributed by atoms with E-state index in [0.29, 0.717) is 18.7 Å². The standard InChI is InChI=1S/C18H23N3O2/c1-2-10-20-17(22)15-9-12-19-16(13-15)18(23)21-11-8-14-6-4-3-5-7-14/h2,6,9,12-13H,1,3-5,7-8,10-11H2,(H,20,22)(H,21,23). The molecule has 5 heteroatoms. The van der Waals surface area contributed by atoms with Crippen molar-refractivity contribution in [2.24, 2.45) is 0 Å². The van der Waals surface area contributed by atoms with E-state index in [1.165, 1.54) is 30.7 Å². The minimum absolute atomic E-state index is 0.242. The summed E-state index contributed by atoms with van der Waals surface area (Å²) in [5, 5.41) is 5.54. The van der Waals surface area contributed by atoms with E-state index in [9.17, 15) is 9.59 Å². The molecule has 1 aromatic heterocycles. The van der Waals surface area contributed by atoms with Crippen molar-refractivity contribution in [1.82, 2.24) is 15.6 Å². The van der Waals surface area contributed by atoms with Gasteiger partial charge in [-0.15, -0.1) is 6.58 Å². The molecule has 1 aliphatic carbocycles. The molecule has 23 heavy (non-hydrogen) atoms. The van der Waals surface area contributed by atoms with Crippen molar-refractivity contribution in [3.63, 3.8) is 0 Å². The normalized spacial score (nSPS) is 13.8. The zero-order valence-electron chi connectivity index (χ0n) is 13.3. The van der Waals surface area contributed by atoms with Gasteiger partial charge in [0, 0.05) is 24.8 Å². The number of rotatable bonds is 7. The van der Waals surface area contributed by atoms with Crippen molar-refractivity contribution in [2.45, 2.75) is 32.1 Å². The fourth-order valence-corrected chi connectivity index (χ4v) is 2.52. The van der Waals surface area contributed by atoms with Gasteiger partial charge in [-0.3, -0.25) is 14.6 Å². The molecule has 2 rings (SSSR count). The van der Waals surface area contributed by atoms with Crippen molar-refractivity contribution in [3.8, 4) is 0 Å². The Balaban J connectivity index is 1.87. The van der Waals surface area contributed by atoms with Crippen LogP contribution >= 0.6 is 0 Å². The van der Waals surface area contributed by atoms with E-state index in [1.807, 2.05) is 0 Å². The van der Waals surface area contributed by atoms with Gasteiger partial charge in [-0.05, 0) is 44.2 Å². The molecule has 0 bridgehead atoms. The average Bonchev–Trinajstić information content (AvgIpc) is 2.60. The van der Waals surface area contributed by atoms with E-state index in [1.54, 1.807) is 12.1 Å². The number of hydrogen-bond donors (Lipinski definition) is 2. The van der Waals surface area contributed by atoms with E-state index in [0.717, 1.165) is 19.3 Å². The van der Waals surface area contributed by atoms with Gasteiger partial charge in [0.2, 0.25) is 0 Å². The summed E-state index contributed by atoms with van der Waals surface area (Å²) >= 11 is 0. The molecule has 5 nitrogen and oxygen atoms in total. The molecule has 1 aliphatic rings. The second-order valence-electron chi connectivity index (χ2n) is 5.54. The van der Waals surface area contributed by atoms with E-state index in [2.05, 4.69) is 28.3 Å². The zero-order valence-corrected chi connectivity index (χ0v) is 13.3. The Labute approximate surface area is 136 Å². The fraction of sp³-hybridized carbons (Fsp3) is 0.389. The molecule has 0 aromatic carbocycles. The number of hydrogen-bond acceptors (Lipinski definition) is 3. The third-order valence-electron chi connectivity index (χ3n) is 3.78. The maximum absolute atomic E-state index is 12.1. The highest BCUT2D eigenvalue weighted by atomic mass is 16.2. The van der Waals surface area contributed by atoms with Gasteiger partial charge in [0.1, 0.15) is 5.69 Å². The summed E-state index contributed by atoms with van der Waals surface area (Å²) < 4.78 is 0. The Kier molecular flexibility index (Phi) is 6.54. The Morgan fingerprint density at radius 2 is 2.13 bits per heavy atom. The average molecular weight is 313 g/mol. The monoisotopic (exact) mass is 313 g/mol. The van der Waals surface area contributed by atoms with Crippen molar-refractivity contribution in [2.75, 3.05) is 13.1 Å². The zero-order chi connectivity index (χ0) is 16.5. The Morgan fingerprint density at radius 1 is 1.26 bits per heavy atom. The molecule has 0 aliphatic heterocycles. The quantitative estimate of drug-likeness (QED) is 0.760. The van der Waals surface area contributed by atoms with Crippen LogP contribution in [0.2, 0.25) is 0 Å². The predicted molar refractivity (Wildman–Crippen MR) is 90.3 cm³/mol. The highest BCUT2D eigenvalue weighted by molar-refractivity contribution is 5.98. The SMILES string of the molecule is C=CCNC(=O)c1ccnc(C(=O)NCCC2=CCCCC2)c1. The number of carbonyl (C=O) groups excluding carboxylic acids is 2. The highest BCUT2D eigenvalue weighted by Crippen LogP contribution is 2.19. The van der Waals surface area contributed by atoms with E-state index < -0.39 is 0 Å². The molecule has 0 saturated carbocycles. The summed E-state index contributed by atoms with van der Waals surface area (Å²) in [5.74, 6) is -0.492. The smallest absolute Gasteiger partial charge is 0.269 e. The lowest BCUT2D eigenvalue weighted by molar-refractivity contribution is 0.0949. The Hall–Kier alpha value is -2.43. The van der Waals surface area contributed by atoms with Crippen LogP contribution in [0.3, 0.4) is 0 Å². The number of nitrogens with one attached hydrogen (secondary N) is 2. The van der Waals surface area contributed by atoms with Gasteiger partial charge >= 0.3 is 0 Å². The first-order valence-electron chi connectivity index (χ1n) is 8.02. The van der Waals surface area contributed by atoms with Gasteiger partial charge in [-0.25, -0.2) is 0 Å². The topological polar surface area (TPSA) is 71.1 Å². The Morgan fingerprint density at radius 3 is 2.87 bits per heavy atom. The van der Waals surface area contributed by atoms with E-state index in [-0.39, 0.29) is 17.5 Å². The molecule has 1 aromatic rings. The lowest BCUT2D eigenvalue weighted by Crippen LogP contribution is -2.27. The van der Waals surface area contributed by atoms with Crippen molar-refractivity contribution in [3.05, 3.63) is 53.9 Å². The molecular weight excluding hydrogens is 290 g/mol. The number of pyridine rings is 1. The molecular formula is C18H23N3O2. The largest absolute Gasteiger partial charge is 0.350 e. The lowest BCUT2D eigenvalue weighted by Gasteiger charge is -2.13. The molecule has 0 atom stereocenters. The minimum atomic E-state index is -0.250. The van der Waals surface area contributed by atoms with Crippen molar-refractivity contribution in [1.29, 1.82) is 0 Å². The summed E-state index contributed by atoms with van der Waals surface area (Å²) in [4.78, 5) is 28.0. The summed E-state index contributed by atoms with van der Waals surface area (Å²) in [6, 6.07) is 3.09. The summed E-state index contributed by atoms with van der Waals surface area (Å²) in [7, 11) is 0. The first kappa shape index (κ1) is 16.9. The van der Waals surface area contributed by atoms with Gasteiger partial charge in [-0.2, -0.15) is 0 Å². The first-order chi connectivity index (χ1) is 11.2. The van der Waals surface area contributed by atoms with E-state index in [4.69, 9.17) is 0 Å². The van der Waals surface area contributed by atoms with Crippen LogP contribution in [0.15, 0.2) is 42.6 Å². The lowest BCUT2D eigenvalue weighted by atomic mass is 9.97. The molecule has 0 saturated heterocycles. The summed E-state index contributed by atoms with van der Waals surface area (Å²) in [6.07, 6.45) is 11.0. The van der Waals surface area contributed by atoms with Crippen LogP contribution in [0, 0.1) is 0 Å². The van der Waals surface area contributed by atoms with Gasteiger partial charge in [0.15, 0.2) is 0 Å². The molecule has 0 unspecified atom stereocenters. The Bertz CT molecular complexity index is 608. The van der Waals surface area contributed by atoms with Gasteiger partial charge in [0.25, 0.3) is 11.8 Å². The van der Waals surface area contributed by atoms with Crippen molar-refractivity contribution < 1.29 is 9.59 Å². The summed E-state index contributed by atoms with van der Waals surface area (Å²) in [6.45, 7) is 4.53. The van der Waals surface area contributed by atoms with Crippen LogP contribution in [0.5, 0.6) is 0 Å². The number of aromatic nitrogens is 1. The minimum Gasteiger partial charge on any atom is -0.350 e. The molecule has 2 N–H and O–H groups in total. The number of allylic oxidation sites excluding steroid dienone is 1. The van der Waals surface area contributed by atoms with Gasteiger partial charge in [0.05, 0.1) is 0 Å². The van der Waals surface area contributed by atoms with Crippen molar-refractivity contribution >= 4 is 11.8 Å². The molecule has 1 heterocycles. The number of carbonyl (C=O) groups is 2. The van der Waals surface area contributed by atoms with Crippen LogP contribution < -0.4 is 10.6 Å². The van der Waals surface area contributed by atoms with Crippen LogP contribution in [-0.4, -0.2) is 29.9 Å². The van der Waals surface area contributed by atoms with E-state index >= 15 is 0 Å². The number of nitrogens with zero attached hydrogens (tertiary/aromatic N) is 1. The van der Waals surface area contributed by atoms with Gasteiger partial charge < -0.3 is 10.6 Å². The third-order valence-corrected chi connectivity index (χ3v) is 3.78. The fourth-order valence-electron chi connectivity index (χ4n) is 2.52. The molecule has 2 amide bonds. The third kappa shape index (κ3) is 5.36.